The number of benzene rings is 1. The van der Waals surface area contributed by atoms with Gasteiger partial charge in [0.15, 0.2) is 0 Å². The lowest BCUT2D eigenvalue weighted by Gasteiger charge is -2.06. The highest BCUT2D eigenvalue weighted by Crippen LogP contribution is 2.20. The maximum absolute atomic E-state index is 13.4. The minimum Gasteiger partial charge on any atom is -0.349 e. The first-order chi connectivity index (χ1) is 9.90. The SMILES string of the molecule is O=[N+]([O-])c1ccc(S(=O)(=O)NCCc2ncc[nH]2)cc1F. The summed E-state index contributed by atoms with van der Waals surface area (Å²) in [5.74, 6) is -0.596. The van der Waals surface area contributed by atoms with Gasteiger partial charge in [-0.3, -0.25) is 10.1 Å². The molecule has 0 bridgehead atoms. The molecule has 0 spiro atoms. The zero-order chi connectivity index (χ0) is 15.5. The van der Waals surface area contributed by atoms with E-state index in [2.05, 4.69) is 14.7 Å². The predicted octanol–water partition coefficient (Wildman–Crippen LogP) is 0.978. The molecule has 0 unspecified atom stereocenters. The Labute approximate surface area is 119 Å². The van der Waals surface area contributed by atoms with Crippen LogP contribution in [-0.4, -0.2) is 29.9 Å². The molecule has 112 valence electrons. The molecular formula is C11H11FN4O4S. The number of imidazole rings is 1. The molecule has 1 aromatic heterocycles. The molecule has 0 amide bonds. The van der Waals surface area contributed by atoms with E-state index in [0.717, 1.165) is 12.1 Å². The molecule has 2 aromatic rings. The van der Waals surface area contributed by atoms with Crippen molar-refractivity contribution in [1.82, 2.24) is 14.7 Å². The number of H-pyrrole nitrogens is 1. The zero-order valence-corrected chi connectivity index (χ0v) is 11.4. The van der Waals surface area contributed by atoms with E-state index < -0.39 is 26.5 Å². The number of rotatable bonds is 6. The lowest BCUT2D eigenvalue weighted by Crippen LogP contribution is -2.26. The molecule has 1 heterocycles. The summed E-state index contributed by atoms with van der Waals surface area (Å²) in [5, 5.41) is 10.5. The smallest absolute Gasteiger partial charge is 0.304 e. The Morgan fingerprint density at radius 1 is 1.43 bits per heavy atom. The van der Waals surface area contributed by atoms with Crippen LogP contribution in [0.1, 0.15) is 5.82 Å². The Bertz CT molecular complexity index is 746. The van der Waals surface area contributed by atoms with E-state index in [4.69, 9.17) is 0 Å². The van der Waals surface area contributed by atoms with Gasteiger partial charge in [0.1, 0.15) is 5.82 Å². The normalized spacial score (nSPS) is 11.5. The third-order valence-electron chi connectivity index (χ3n) is 2.63. The van der Waals surface area contributed by atoms with Crippen LogP contribution in [0.25, 0.3) is 0 Å². The summed E-state index contributed by atoms with van der Waals surface area (Å²) < 4.78 is 39.5. The summed E-state index contributed by atoms with van der Waals surface area (Å²) in [4.78, 5) is 15.9. The minimum absolute atomic E-state index is 0.0639. The van der Waals surface area contributed by atoms with E-state index in [1.165, 1.54) is 6.20 Å². The van der Waals surface area contributed by atoms with E-state index in [1.807, 2.05) is 0 Å². The number of nitro benzene ring substituents is 1. The van der Waals surface area contributed by atoms with Crippen LogP contribution >= 0.6 is 0 Å². The summed E-state index contributed by atoms with van der Waals surface area (Å²) in [6.45, 7) is 0.0639. The first kappa shape index (κ1) is 15.1. The maximum atomic E-state index is 13.4. The van der Waals surface area contributed by atoms with Crippen molar-refractivity contribution in [1.29, 1.82) is 0 Å². The molecule has 2 rings (SSSR count). The average Bonchev–Trinajstić information content (AvgIpc) is 2.91. The number of nitrogens with zero attached hydrogens (tertiary/aromatic N) is 2. The molecule has 10 heteroatoms. The van der Waals surface area contributed by atoms with Crippen LogP contribution in [0.15, 0.2) is 35.5 Å². The molecule has 0 aliphatic heterocycles. The molecule has 0 saturated heterocycles. The van der Waals surface area contributed by atoms with Crippen LogP contribution in [0.2, 0.25) is 0 Å². The summed E-state index contributed by atoms with van der Waals surface area (Å²) in [6, 6.07) is 2.42. The fourth-order valence-corrected chi connectivity index (χ4v) is 2.67. The van der Waals surface area contributed by atoms with Crippen molar-refractivity contribution in [3.63, 3.8) is 0 Å². The van der Waals surface area contributed by atoms with E-state index in [-0.39, 0.29) is 11.4 Å². The van der Waals surface area contributed by atoms with Gasteiger partial charge in [-0.1, -0.05) is 0 Å². The van der Waals surface area contributed by atoms with Gasteiger partial charge in [0, 0.05) is 37.5 Å². The van der Waals surface area contributed by atoms with Crippen molar-refractivity contribution in [2.75, 3.05) is 6.54 Å². The number of aromatic nitrogens is 2. The first-order valence-electron chi connectivity index (χ1n) is 5.82. The molecule has 0 radical (unpaired) electrons. The number of nitrogens with one attached hydrogen (secondary N) is 2. The standard InChI is InChI=1S/C11H11FN4O4S/c12-9-7-8(1-2-10(9)16(17)18)21(19,20)15-4-3-11-13-5-6-14-11/h1-2,5-7,15H,3-4H2,(H,13,14). The molecule has 2 N–H and O–H groups in total. The number of hydrogen-bond acceptors (Lipinski definition) is 5. The molecular weight excluding hydrogens is 303 g/mol. The van der Waals surface area contributed by atoms with Gasteiger partial charge in [-0.2, -0.15) is 4.39 Å². The van der Waals surface area contributed by atoms with E-state index in [0.29, 0.717) is 18.3 Å². The highest BCUT2D eigenvalue weighted by Gasteiger charge is 2.20. The van der Waals surface area contributed by atoms with Gasteiger partial charge in [-0.15, -0.1) is 0 Å². The van der Waals surface area contributed by atoms with Crippen molar-refractivity contribution in [3.05, 3.63) is 52.3 Å². The number of halogens is 1. The number of hydrogen-bond donors (Lipinski definition) is 2. The van der Waals surface area contributed by atoms with Gasteiger partial charge in [0.25, 0.3) is 0 Å². The van der Waals surface area contributed by atoms with Gasteiger partial charge in [-0.25, -0.2) is 18.1 Å². The predicted molar refractivity (Wildman–Crippen MR) is 70.5 cm³/mol. The topological polar surface area (TPSA) is 118 Å². The Balaban J connectivity index is 2.08. The van der Waals surface area contributed by atoms with E-state index >= 15 is 0 Å². The second-order valence-electron chi connectivity index (χ2n) is 4.05. The first-order valence-corrected chi connectivity index (χ1v) is 7.30. The number of nitro groups is 1. The van der Waals surface area contributed by atoms with Gasteiger partial charge in [0.2, 0.25) is 15.8 Å². The lowest BCUT2D eigenvalue weighted by molar-refractivity contribution is -0.387. The Morgan fingerprint density at radius 2 is 2.19 bits per heavy atom. The van der Waals surface area contributed by atoms with Crippen molar-refractivity contribution >= 4 is 15.7 Å². The van der Waals surface area contributed by atoms with Crippen LogP contribution < -0.4 is 4.72 Å². The second kappa shape index (κ2) is 5.97. The van der Waals surface area contributed by atoms with Gasteiger partial charge in [-0.05, 0) is 6.07 Å². The van der Waals surface area contributed by atoms with Gasteiger partial charge < -0.3 is 4.98 Å². The second-order valence-corrected chi connectivity index (χ2v) is 5.82. The van der Waals surface area contributed by atoms with Crippen molar-refractivity contribution < 1.29 is 17.7 Å². The summed E-state index contributed by atoms with van der Waals surface area (Å²) in [6.07, 6.45) is 3.48. The van der Waals surface area contributed by atoms with Gasteiger partial charge >= 0.3 is 5.69 Å². The average molecular weight is 314 g/mol. The van der Waals surface area contributed by atoms with Crippen molar-refractivity contribution in [3.8, 4) is 0 Å². The lowest BCUT2D eigenvalue weighted by atomic mass is 10.3. The molecule has 21 heavy (non-hydrogen) atoms. The van der Waals surface area contributed by atoms with Gasteiger partial charge in [0.05, 0.1) is 9.82 Å². The Kier molecular flexibility index (Phi) is 4.29. The number of aromatic amines is 1. The zero-order valence-electron chi connectivity index (χ0n) is 10.6. The fraction of sp³-hybridized carbons (Fsp3) is 0.182. The Morgan fingerprint density at radius 3 is 2.76 bits per heavy atom. The summed E-state index contributed by atoms with van der Waals surface area (Å²) in [7, 11) is -3.93. The minimum atomic E-state index is -3.93. The molecule has 0 aliphatic rings. The van der Waals surface area contributed by atoms with Crippen LogP contribution in [0.5, 0.6) is 0 Å². The molecule has 8 nitrogen and oxygen atoms in total. The van der Waals surface area contributed by atoms with Crippen molar-refractivity contribution in [2.45, 2.75) is 11.3 Å². The Hall–Kier alpha value is -2.33. The summed E-state index contributed by atoms with van der Waals surface area (Å²) in [5.41, 5.74) is -0.774. The molecule has 0 saturated carbocycles. The third kappa shape index (κ3) is 3.61. The quantitative estimate of drug-likeness (QED) is 0.608. The molecule has 0 atom stereocenters. The van der Waals surface area contributed by atoms with Crippen LogP contribution in [0, 0.1) is 15.9 Å². The van der Waals surface area contributed by atoms with Crippen LogP contribution in [0.4, 0.5) is 10.1 Å². The third-order valence-corrected chi connectivity index (χ3v) is 4.09. The van der Waals surface area contributed by atoms with E-state index in [1.54, 1.807) is 6.20 Å². The maximum Gasteiger partial charge on any atom is 0.304 e. The fourth-order valence-electron chi connectivity index (χ4n) is 1.62. The monoisotopic (exact) mass is 314 g/mol. The van der Waals surface area contributed by atoms with Crippen LogP contribution in [0.3, 0.4) is 0 Å². The van der Waals surface area contributed by atoms with E-state index in [9.17, 15) is 22.9 Å². The summed E-state index contributed by atoms with van der Waals surface area (Å²) >= 11 is 0. The largest absolute Gasteiger partial charge is 0.349 e. The van der Waals surface area contributed by atoms with Crippen LogP contribution in [-0.2, 0) is 16.4 Å². The molecule has 1 aromatic carbocycles. The number of sulfonamides is 1. The highest BCUT2D eigenvalue weighted by atomic mass is 32.2. The molecule has 0 aliphatic carbocycles. The molecule has 0 fully saturated rings. The van der Waals surface area contributed by atoms with Crippen molar-refractivity contribution in [2.24, 2.45) is 0 Å². The highest BCUT2D eigenvalue weighted by molar-refractivity contribution is 7.89.